The van der Waals surface area contributed by atoms with Crippen molar-refractivity contribution in [2.24, 2.45) is 11.1 Å². The van der Waals surface area contributed by atoms with Gasteiger partial charge in [-0.1, -0.05) is 19.1 Å². The number of rotatable bonds is 2. The fourth-order valence-electron chi connectivity index (χ4n) is 2.69. The van der Waals surface area contributed by atoms with Crippen molar-refractivity contribution in [3.8, 4) is 5.75 Å². The van der Waals surface area contributed by atoms with E-state index in [0.29, 0.717) is 17.2 Å². The van der Waals surface area contributed by atoms with Gasteiger partial charge in [0.1, 0.15) is 5.75 Å². The normalized spacial score (nSPS) is 30.7. The maximum absolute atomic E-state index is 9.40. The summed E-state index contributed by atoms with van der Waals surface area (Å²) in [6, 6.07) is 7.92. The summed E-state index contributed by atoms with van der Waals surface area (Å²) >= 11 is 0. The minimum absolute atomic E-state index is 0.327. The van der Waals surface area contributed by atoms with Crippen LogP contribution in [0.2, 0.25) is 0 Å². The lowest BCUT2D eigenvalue weighted by atomic mass is 9.82. The minimum Gasteiger partial charge on any atom is -0.508 e. The number of benzene rings is 1. The first-order valence-electron chi connectivity index (χ1n) is 5.61. The van der Waals surface area contributed by atoms with Crippen LogP contribution in [0.15, 0.2) is 24.3 Å². The Bertz CT molecular complexity index is 350. The molecule has 0 bridgehead atoms. The van der Waals surface area contributed by atoms with Gasteiger partial charge in [0, 0.05) is 6.04 Å². The van der Waals surface area contributed by atoms with Crippen molar-refractivity contribution in [2.45, 2.75) is 38.6 Å². The van der Waals surface area contributed by atoms with Gasteiger partial charge >= 0.3 is 0 Å². The molecule has 0 aromatic heterocycles. The van der Waals surface area contributed by atoms with E-state index >= 15 is 0 Å². The second-order valence-corrected chi connectivity index (χ2v) is 5.16. The Morgan fingerprint density at radius 3 is 2.93 bits per heavy atom. The lowest BCUT2D eigenvalue weighted by Gasteiger charge is -2.23. The van der Waals surface area contributed by atoms with E-state index in [2.05, 4.69) is 13.0 Å². The lowest BCUT2D eigenvalue weighted by Crippen LogP contribution is -2.21. The maximum Gasteiger partial charge on any atom is 0.115 e. The molecule has 2 nitrogen and oxygen atoms in total. The number of nitrogens with two attached hydrogens (primary N) is 1. The average Bonchev–Trinajstić information content (AvgIpc) is 2.45. The van der Waals surface area contributed by atoms with Gasteiger partial charge in [-0.3, -0.25) is 0 Å². The summed E-state index contributed by atoms with van der Waals surface area (Å²) in [5.74, 6) is 0.360. The van der Waals surface area contributed by atoms with E-state index < -0.39 is 0 Å². The Kier molecular flexibility index (Phi) is 2.70. The van der Waals surface area contributed by atoms with Crippen LogP contribution in [-0.2, 0) is 6.42 Å². The van der Waals surface area contributed by atoms with E-state index in [1.54, 1.807) is 6.07 Å². The molecule has 2 rings (SSSR count). The lowest BCUT2D eigenvalue weighted by molar-refractivity contribution is 0.329. The highest BCUT2D eigenvalue weighted by Gasteiger charge is 2.33. The standard InChI is InChI=1S/C13H19NO/c1-13(6-5-11(14)9-13)8-10-3-2-4-12(15)7-10/h2-4,7,11,15H,5-6,8-9,14H2,1H3. The van der Waals surface area contributed by atoms with Crippen LogP contribution < -0.4 is 5.73 Å². The first-order valence-corrected chi connectivity index (χ1v) is 5.61. The van der Waals surface area contributed by atoms with Gasteiger partial charge in [-0.15, -0.1) is 0 Å². The summed E-state index contributed by atoms with van der Waals surface area (Å²) < 4.78 is 0. The van der Waals surface area contributed by atoms with Gasteiger partial charge in [0.2, 0.25) is 0 Å². The second-order valence-electron chi connectivity index (χ2n) is 5.16. The predicted octanol–water partition coefficient (Wildman–Crippen LogP) is 2.45. The average molecular weight is 205 g/mol. The molecule has 0 radical (unpaired) electrons. The number of hydrogen-bond donors (Lipinski definition) is 2. The molecule has 1 fully saturated rings. The number of phenolic OH excluding ortho intramolecular Hbond substituents is 1. The van der Waals surface area contributed by atoms with Gasteiger partial charge in [0.25, 0.3) is 0 Å². The first-order chi connectivity index (χ1) is 7.07. The topological polar surface area (TPSA) is 46.2 Å². The SMILES string of the molecule is CC1(Cc2cccc(O)c2)CCC(N)C1. The largest absolute Gasteiger partial charge is 0.508 e. The molecule has 3 N–H and O–H groups in total. The highest BCUT2D eigenvalue weighted by atomic mass is 16.3. The van der Waals surface area contributed by atoms with E-state index in [9.17, 15) is 5.11 Å². The third kappa shape index (κ3) is 2.51. The summed E-state index contributed by atoms with van der Waals surface area (Å²) in [4.78, 5) is 0. The molecule has 2 heteroatoms. The van der Waals surface area contributed by atoms with Gasteiger partial charge < -0.3 is 10.8 Å². The van der Waals surface area contributed by atoms with Crippen molar-refractivity contribution < 1.29 is 5.11 Å². The van der Waals surface area contributed by atoms with E-state index in [1.165, 1.54) is 12.0 Å². The smallest absolute Gasteiger partial charge is 0.115 e. The summed E-state index contributed by atoms with van der Waals surface area (Å²) in [5, 5.41) is 9.40. The second kappa shape index (κ2) is 3.86. The van der Waals surface area contributed by atoms with Gasteiger partial charge in [-0.25, -0.2) is 0 Å². The molecule has 0 heterocycles. The third-order valence-corrected chi connectivity index (χ3v) is 3.42. The maximum atomic E-state index is 9.40. The highest BCUT2D eigenvalue weighted by molar-refractivity contribution is 5.28. The molecule has 1 aliphatic rings. The molecular weight excluding hydrogens is 186 g/mol. The quantitative estimate of drug-likeness (QED) is 0.779. The fourth-order valence-corrected chi connectivity index (χ4v) is 2.69. The number of aromatic hydroxyl groups is 1. The zero-order valence-corrected chi connectivity index (χ0v) is 9.24. The van der Waals surface area contributed by atoms with E-state index in [1.807, 2.05) is 12.1 Å². The molecule has 2 unspecified atom stereocenters. The molecule has 0 spiro atoms. The monoisotopic (exact) mass is 205 g/mol. The molecule has 0 saturated heterocycles. The Morgan fingerprint density at radius 2 is 2.33 bits per heavy atom. The summed E-state index contributed by atoms with van der Waals surface area (Å²) in [7, 11) is 0. The van der Waals surface area contributed by atoms with Crippen molar-refractivity contribution in [3.63, 3.8) is 0 Å². The Labute approximate surface area is 91.1 Å². The van der Waals surface area contributed by atoms with Gasteiger partial charge in [-0.05, 0) is 48.8 Å². The molecular formula is C13H19NO. The van der Waals surface area contributed by atoms with Crippen LogP contribution in [0.5, 0.6) is 5.75 Å². The third-order valence-electron chi connectivity index (χ3n) is 3.42. The molecule has 15 heavy (non-hydrogen) atoms. The van der Waals surface area contributed by atoms with E-state index in [4.69, 9.17) is 5.73 Å². The van der Waals surface area contributed by atoms with Gasteiger partial charge in [0.15, 0.2) is 0 Å². The van der Waals surface area contributed by atoms with Crippen LogP contribution in [0.3, 0.4) is 0 Å². The van der Waals surface area contributed by atoms with Crippen LogP contribution in [0.1, 0.15) is 31.7 Å². The van der Waals surface area contributed by atoms with Crippen LogP contribution in [0, 0.1) is 5.41 Å². The highest BCUT2D eigenvalue weighted by Crippen LogP contribution is 2.40. The Hall–Kier alpha value is -1.02. The van der Waals surface area contributed by atoms with Crippen LogP contribution in [0.25, 0.3) is 0 Å². The van der Waals surface area contributed by atoms with Crippen molar-refractivity contribution in [1.82, 2.24) is 0 Å². The van der Waals surface area contributed by atoms with Gasteiger partial charge in [0.05, 0.1) is 0 Å². The number of phenols is 1. The zero-order valence-electron chi connectivity index (χ0n) is 9.24. The summed E-state index contributed by atoms with van der Waals surface area (Å²) in [5.41, 5.74) is 7.49. The Balaban J connectivity index is 2.08. The van der Waals surface area contributed by atoms with Crippen LogP contribution in [0.4, 0.5) is 0 Å². The van der Waals surface area contributed by atoms with E-state index in [-0.39, 0.29) is 0 Å². The molecule has 1 aromatic rings. The number of hydrogen-bond acceptors (Lipinski definition) is 2. The molecule has 1 aliphatic carbocycles. The summed E-state index contributed by atoms with van der Waals surface area (Å²) in [6.45, 7) is 2.30. The fraction of sp³-hybridized carbons (Fsp3) is 0.538. The van der Waals surface area contributed by atoms with E-state index in [0.717, 1.165) is 19.3 Å². The molecule has 1 aromatic carbocycles. The molecule has 0 aliphatic heterocycles. The molecule has 2 atom stereocenters. The first kappa shape index (κ1) is 10.5. The van der Waals surface area contributed by atoms with Crippen molar-refractivity contribution in [1.29, 1.82) is 0 Å². The summed E-state index contributed by atoms with van der Waals surface area (Å²) in [6.07, 6.45) is 4.46. The predicted molar refractivity (Wildman–Crippen MR) is 61.7 cm³/mol. The molecule has 1 saturated carbocycles. The Morgan fingerprint density at radius 1 is 1.53 bits per heavy atom. The van der Waals surface area contributed by atoms with Crippen molar-refractivity contribution in [2.75, 3.05) is 0 Å². The molecule has 0 amide bonds. The van der Waals surface area contributed by atoms with Crippen LogP contribution in [-0.4, -0.2) is 11.1 Å². The van der Waals surface area contributed by atoms with Crippen LogP contribution >= 0.6 is 0 Å². The molecule has 82 valence electrons. The van der Waals surface area contributed by atoms with Crippen molar-refractivity contribution >= 4 is 0 Å². The van der Waals surface area contributed by atoms with Crippen molar-refractivity contribution in [3.05, 3.63) is 29.8 Å². The zero-order chi connectivity index (χ0) is 10.9. The minimum atomic E-state index is 0.327. The van der Waals surface area contributed by atoms with Gasteiger partial charge in [-0.2, -0.15) is 0 Å².